The number of benzene rings is 3. The van der Waals surface area contributed by atoms with E-state index in [1.807, 2.05) is 31.2 Å². The second-order valence-corrected chi connectivity index (χ2v) is 8.21. The van der Waals surface area contributed by atoms with Gasteiger partial charge in [0.15, 0.2) is 6.54 Å². The third kappa shape index (κ3) is 5.17. The van der Waals surface area contributed by atoms with Gasteiger partial charge in [0, 0.05) is 0 Å². The van der Waals surface area contributed by atoms with Gasteiger partial charge in [-0.05, 0) is 48.4 Å². The first-order valence-electron chi connectivity index (χ1n) is 11.2. The Morgan fingerprint density at radius 3 is 2.52 bits per heavy atom. The Hall–Kier alpha value is -3.05. The summed E-state index contributed by atoms with van der Waals surface area (Å²) in [4.78, 5) is 16.4. The number of piperazine rings is 1. The predicted octanol–water partition coefficient (Wildman–Crippen LogP) is 2.82. The number of hydrogen-bond donors (Lipinski definition) is 2. The van der Waals surface area contributed by atoms with E-state index in [9.17, 15) is 4.79 Å². The van der Waals surface area contributed by atoms with E-state index in [-0.39, 0.29) is 11.9 Å². The van der Waals surface area contributed by atoms with Gasteiger partial charge < -0.3 is 19.9 Å². The zero-order valence-corrected chi connectivity index (χ0v) is 18.4. The van der Waals surface area contributed by atoms with E-state index in [0.29, 0.717) is 13.2 Å². The fraction of sp³-hybridized carbons (Fsp3) is 0.346. The lowest BCUT2D eigenvalue weighted by atomic mass is 10.0. The van der Waals surface area contributed by atoms with Crippen LogP contribution in [-0.2, 0) is 4.79 Å². The molecule has 0 aromatic heterocycles. The van der Waals surface area contributed by atoms with E-state index in [0.717, 1.165) is 43.2 Å². The molecular weight excluding hydrogens is 386 g/mol. The summed E-state index contributed by atoms with van der Waals surface area (Å²) in [6.07, 6.45) is 0. The van der Waals surface area contributed by atoms with Crippen molar-refractivity contribution in [1.29, 1.82) is 0 Å². The van der Waals surface area contributed by atoms with E-state index in [4.69, 9.17) is 4.74 Å². The van der Waals surface area contributed by atoms with Gasteiger partial charge in [-0.25, -0.2) is 0 Å². The highest BCUT2D eigenvalue weighted by molar-refractivity contribution is 5.83. The number of quaternary nitrogens is 1. The average Bonchev–Trinajstić information content (AvgIpc) is 2.80. The van der Waals surface area contributed by atoms with Crippen LogP contribution in [-0.4, -0.2) is 45.2 Å². The van der Waals surface area contributed by atoms with Crippen LogP contribution in [0.4, 0.5) is 5.69 Å². The molecule has 1 saturated heterocycles. The zero-order chi connectivity index (χ0) is 21.6. The minimum Gasteiger partial charge on any atom is -0.492 e. The van der Waals surface area contributed by atoms with E-state index < -0.39 is 0 Å². The molecule has 1 heterocycles. The summed E-state index contributed by atoms with van der Waals surface area (Å²) in [5.74, 6) is 1.05. The van der Waals surface area contributed by atoms with Crippen molar-refractivity contribution in [2.24, 2.45) is 0 Å². The molecule has 1 aliphatic heterocycles. The normalized spacial score (nSPS) is 15.6. The molecule has 0 bridgehead atoms. The first-order valence-corrected chi connectivity index (χ1v) is 11.2. The van der Waals surface area contributed by atoms with Crippen LogP contribution in [0.3, 0.4) is 0 Å². The lowest BCUT2D eigenvalue weighted by Gasteiger charge is -2.34. The molecule has 0 unspecified atom stereocenters. The first kappa shape index (κ1) is 21.2. The van der Waals surface area contributed by atoms with Crippen molar-refractivity contribution in [3.05, 3.63) is 72.3 Å². The molecule has 3 aromatic carbocycles. The zero-order valence-electron chi connectivity index (χ0n) is 18.4. The third-order valence-corrected chi connectivity index (χ3v) is 6.04. The average molecular weight is 419 g/mol. The highest BCUT2D eigenvalue weighted by atomic mass is 16.5. The quantitative estimate of drug-likeness (QED) is 0.620. The standard InChI is InChI=1S/C26H31N3O2/c1-3-31-25-11-7-6-10-24(25)29-16-14-28(15-17-29)19-26(30)27-20(2)22-13-12-21-8-4-5-9-23(21)18-22/h4-13,18,20H,3,14-17,19H2,1-2H3,(H,27,30)/p+1/t20-/m0/s1. The molecule has 5 nitrogen and oxygen atoms in total. The van der Waals surface area contributed by atoms with Crippen LogP contribution < -0.4 is 19.9 Å². The number of para-hydroxylation sites is 2. The van der Waals surface area contributed by atoms with Gasteiger partial charge in [-0.15, -0.1) is 0 Å². The highest BCUT2D eigenvalue weighted by Crippen LogP contribution is 2.27. The molecule has 1 aliphatic rings. The fourth-order valence-corrected chi connectivity index (χ4v) is 4.32. The summed E-state index contributed by atoms with van der Waals surface area (Å²) in [5, 5.41) is 5.61. The monoisotopic (exact) mass is 418 g/mol. The van der Waals surface area contributed by atoms with Crippen LogP contribution in [0, 0.1) is 0 Å². The lowest BCUT2D eigenvalue weighted by molar-refractivity contribution is -0.892. The van der Waals surface area contributed by atoms with Crippen LogP contribution in [0.2, 0.25) is 0 Å². The van der Waals surface area contributed by atoms with Gasteiger partial charge in [-0.1, -0.05) is 48.5 Å². The number of amides is 1. The molecule has 0 spiro atoms. The Morgan fingerprint density at radius 1 is 1.03 bits per heavy atom. The number of nitrogens with zero attached hydrogens (tertiary/aromatic N) is 1. The van der Waals surface area contributed by atoms with Crippen molar-refractivity contribution < 1.29 is 14.4 Å². The van der Waals surface area contributed by atoms with Crippen molar-refractivity contribution >= 4 is 22.4 Å². The molecule has 0 saturated carbocycles. The van der Waals surface area contributed by atoms with Crippen molar-refractivity contribution in [2.45, 2.75) is 19.9 Å². The second kappa shape index (κ2) is 9.84. The molecule has 0 aliphatic carbocycles. The largest absolute Gasteiger partial charge is 0.492 e. The molecule has 4 rings (SSSR count). The predicted molar refractivity (Wildman–Crippen MR) is 126 cm³/mol. The minimum absolute atomic E-state index is 0.00383. The van der Waals surface area contributed by atoms with Crippen molar-refractivity contribution in [3.63, 3.8) is 0 Å². The number of hydrogen-bond acceptors (Lipinski definition) is 3. The maximum atomic E-state index is 12.7. The Bertz CT molecular complexity index is 1030. The van der Waals surface area contributed by atoms with E-state index >= 15 is 0 Å². The Balaban J connectivity index is 1.30. The Morgan fingerprint density at radius 2 is 1.74 bits per heavy atom. The molecule has 5 heteroatoms. The van der Waals surface area contributed by atoms with Crippen molar-refractivity contribution in [2.75, 3.05) is 44.2 Å². The molecule has 1 fully saturated rings. The fourth-order valence-electron chi connectivity index (χ4n) is 4.32. The maximum Gasteiger partial charge on any atom is 0.275 e. The minimum atomic E-state index is -0.00383. The van der Waals surface area contributed by atoms with Gasteiger partial charge in [0.2, 0.25) is 0 Å². The number of anilines is 1. The maximum absolute atomic E-state index is 12.7. The van der Waals surface area contributed by atoms with Crippen LogP contribution >= 0.6 is 0 Å². The van der Waals surface area contributed by atoms with Gasteiger partial charge in [-0.3, -0.25) is 4.79 Å². The number of fused-ring (bicyclic) bond motifs is 1. The third-order valence-electron chi connectivity index (χ3n) is 6.04. The number of nitrogens with one attached hydrogen (secondary N) is 2. The van der Waals surface area contributed by atoms with E-state index in [1.54, 1.807) is 0 Å². The van der Waals surface area contributed by atoms with Gasteiger partial charge in [0.1, 0.15) is 5.75 Å². The molecule has 1 amide bonds. The number of rotatable bonds is 7. The Kier molecular flexibility index (Phi) is 6.73. The second-order valence-electron chi connectivity index (χ2n) is 8.21. The smallest absolute Gasteiger partial charge is 0.275 e. The molecular formula is C26H32N3O2+. The van der Waals surface area contributed by atoms with Crippen LogP contribution in [0.1, 0.15) is 25.5 Å². The summed E-state index contributed by atoms with van der Waals surface area (Å²) in [6.45, 7) is 8.98. The van der Waals surface area contributed by atoms with E-state index in [2.05, 4.69) is 59.6 Å². The molecule has 31 heavy (non-hydrogen) atoms. The van der Waals surface area contributed by atoms with Gasteiger partial charge in [0.05, 0.1) is 44.5 Å². The van der Waals surface area contributed by atoms with Crippen LogP contribution in [0.25, 0.3) is 10.8 Å². The van der Waals surface area contributed by atoms with Crippen LogP contribution in [0.5, 0.6) is 5.75 Å². The molecule has 2 N–H and O–H groups in total. The van der Waals surface area contributed by atoms with Gasteiger partial charge >= 0.3 is 0 Å². The number of carbonyl (C=O) groups excluding carboxylic acids is 1. The Labute approximate surface area is 184 Å². The van der Waals surface area contributed by atoms with E-state index in [1.165, 1.54) is 15.7 Å². The molecule has 0 radical (unpaired) electrons. The van der Waals surface area contributed by atoms with Gasteiger partial charge in [0.25, 0.3) is 5.91 Å². The summed E-state index contributed by atoms with van der Waals surface area (Å²) in [6, 6.07) is 22.9. The summed E-state index contributed by atoms with van der Waals surface area (Å²) in [7, 11) is 0. The van der Waals surface area contributed by atoms with Crippen molar-refractivity contribution in [3.8, 4) is 5.75 Å². The number of carbonyl (C=O) groups is 1. The topological polar surface area (TPSA) is 46.0 Å². The van der Waals surface area contributed by atoms with Crippen LogP contribution in [0.15, 0.2) is 66.7 Å². The van der Waals surface area contributed by atoms with Gasteiger partial charge in [-0.2, -0.15) is 0 Å². The summed E-state index contributed by atoms with van der Waals surface area (Å²) >= 11 is 0. The highest BCUT2D eigenvalue weighted by Gasteiger charge is 2.24. The SMILES string of the molecule is CCOc1ccccc1N1CC[NH+](CC(=O)N[C@@H](C)c2ccc3ccccc3c2)CC1. The van der Waals surface area contributed by atoms with Crippen molar-refractivity contribution in [1.82, 2.24) is 5.32 Å². The summed E-state index contributed by atoms with van der Waals surface area (Å²) in [5.41, 5.74) is 2.29. The molecule has 3 aromatic rings. The first-order chi connectivity index (χ1) is 15.1. The molecule has 162 valence electrons. The molecule has 1 atom stereocenters. The number of ether oxygens (including phenoxy) is 1. The lowest BCUT2D eigenvalue weighted by Crippen LogP contribution is -3.15. The summed E-state index contributed by atoms with van der Waals surface area (Å²) < 4.78 is 5.78.